The molecule has 5 heterocycles. The predicted octanol–water partition coefficient (Wildman–Crippen LogP) is 4.01. The Morgan fingerprint density at radius 2 is 1.79 bits per heavy atom. The maximum absolute atomic E-state index is 14.4. The number of para-hydroxylation sites is 1. The Morgan fingerprint density at radius 1 is 1.05 bits per heavy atom. The SMILES string of the molecule is CN1CCN(Cc2cc3c(N4CCOCC4)nc(-c4cnc(NC(=O)Oc5ccccc5)cc4C(F)(F)F)nn3c2)CC1. The lowest BCUT2D eigenvalue weighted by Gasteiger charge is -2.32. The molecule has 1 amide bonds. The molecule has 0 bridgehead atoms. The Labute approximate surface area is 245 Å². The summed E-state index contributed by atoms with van der Waals surface area (Å²) in [6, 6.07) is 10.9. The monoisotopic (exact) mass is 596 g/mol. The molecule has 2 fully saturated rings. The summed E-state index contributed by atoms with van der Waals surface area (Å²) in [7, 11) is 2.10. The molecule has 226 valence electrons. The molecule has 3 aromatic heterocycles. The number of ether oxygens (including phenoxy) is 2. The van der Waals surface area contributed by atoms with Crippen LogP contribution in [-0.2, 0) is 17.5 Å². The number of hydrogen-bond donors (Lipinski definition) is 1. The Morgan fingerprint density at radius 3 is 2.51 bits per heavy atom. The normalized spacial score (nSPS) is 16.9. The minimum atomic E-state index is -4.78. The standard InChI is InChI=1S/C29H31F3N8O3/c1-37-7-9-38(10-8-37)18-20-15-24-27(39-11-13-42-14-12-39)35-26(36-40(24)19-20)22-17-33-25(16-23(22)29(30,31)32)34-28(41)43-21-5-3-2-4-6-21/h2-6,15-17,19H,7-14,18H2,1H3,(H,33,34,41). The molecule has 4 aromatic rings. The van der Waals surface area contributed by atoms with Gasteiger partial charge in [0.2, 0.25) is 0 Å². The van der Waals surface area contributed by atoms with Crippen molar-refractivity contribution in [2.45, 2.75) is 12.7 Å². The van der Waals surface area contributed by atoms with Crippen molar-refractivity contribution in [3.8, 4) is 17.1 Å². The van der Waals surface area contributed by atoms with Crippen molar-refractivity contribution in [2.75, 3.05) is 69.7 Å². The van der Waals surface area contributed by atoms with Crippen LogP contribution in [0.2, 0.25) is 0 Å². The molecule has 2 saturated heterocycles. The van der Waals surface area contributed by atoms with Gasteiger partial charge < -0.3 is 19.3 Å². The lowest BCUT2D eigenvalue weighted by atomic mass is 10.1. The number of aromatic nitrogens is 4. The molecule has 2 aliphatic rings. The number of rotatable bonds is 6. The highest BCUT2D eigenvalue weighted by atomic mass is 19.4. The summed E-state index contributed by atoms with van der Waals surface area (Å²) >= 11 is 0. The van der Waals surface area contributed by atoms with Gasteiger partial charge in [-0.3, -0.25) is 10.2 Å². The van der Waals surface area contributed by atoms with Crippen molar-refractivity contribution in [1.82, 2.24) is 29.4 Å². The van der Waals surface area contributed by atoms with Crippen molar-refractivity contribution in [3.05, 3.63) is 66.0 Å². The second kappa shape index (κ2) is 12.1. The number of alkyl halides is 3. The second-order valence-electron chi connectivity index (χ2n) is 10.6. The zero-order valence-corrected chi connectivity index (χ0v) is 23.5. The van der Waals surface area contributed by atoms with Crippen molar-refractivity contribution in [3.63, 3.8) is 0 Å². The number of piperazine rings is 1. The number of fused-ring (bicyclic) bond motifs is 1. The minimum absolute atomic E-state index is 0.131. The molecule has 0 atom stereocenters. The van der Waals surface area contributed by atoms with Crippen LogP contribution in [0.15, 0.2) is 54.9 Å². The summed E-state index contributed by atoms with van der Waals surface area (Å²) in [4.78, 5) is 27.7. The van der Waals surface area contributed by atoms with Gasteiger partial charge in [-0.15, -0.1) is 5.10 Å². The Bertz CT molecular complexity index is 1580. The number of nitrogens with zero attached hydrogens (tertiary/aromatic N) is 7. The zero-order chi connectivity index (χ0) is 30.0. The van der Waals surface area contributed by atoms with Crippen molar-refractivity contribution < 1.29 is 27.4 Å². The van der Waals surface area contributed by atoms with E-state index >= 15 is 0 Å². The fourth-order valence-electron chi connectivity index (χ4n) is 5.17. The van der Waals surface area contributed by atoms with Crippen LogP contribution in [0.5, 0.6) is 5.75 Å². The number of carbonyl (C=O) groups is 1. The average Bonchev–Trinajstić information content (AvgIpc) is 3.40. The lowest BCUT2D eigenvalue weighted by Crippen LogP contribution is -2.43. The van der Waals surface area contributed by atoms with E-state index in [0.29, 0.717) is 44.2 Å². The van der Waals surface area contributed by atoms with E-state index in [1.807, 2.05) is 17.2 Å². The van der Waals surface area contributed by atoms with E-state index in [4.69, 9.17) is 9.47 Å². The average molecular weight is 597 g/mol. The van der Waals surface area contributed by atoms with Crippen LogP contribution in [0.3, 0.4) is 0 Å². The minimum Gasteiger partial charge on any atom is -0.410 e. The maximum atomic E-state index is 14.4. The van der Waals surface area contributed by atoms with Crippen LogP contribution in [0, 0.1) is 0 Å². The number of anilines is 2. The Balaban J connectivity index is 1.35. The summed E-state index contributed by atoms with van der Waals surface area (Å²) < 4.78 is 55.4. The van der Waals surface area contributed by atoms with Gasteiger partial charge in [-0.2, -0.15) is 13.2 Å². The molecule has 0 saturated carbocycles. The third-order valence-corrected chi connectivity index (χ3v) is 7.45. The maximum Gasteiger partial charge on any atom is 0.418 e. The number of carbonyl (C=O) groups excluding carboxylic acids is 1. The number of amides is 1. The summed E-state index contributed by atoms with van der Waals surface area (Å²) in [6.07, 6.45) is -2.87. The van der Waals surface area contributed by atoms with Gasteiger partial charge in [-0.05, 0) is 36.9 Å². The van der Waals surface area contributed by atoms with E-state index in [0.717, 1.165) is 44.0 Å². The summed E-state index contributed by atoms with van der Waals surface area (Å²) in [6.45, 7) is 6.54. The van der Waals surface area contributed by atoms with Crippen LogP contribution in [0.1, 0.15) is 11.1 Å². The highest BCUT2D eigenvalue weighted by Crippen LogP contribution is 2.38. The van der Waals surface area contributed by atoms with Crippen molar-refractivity contribution in [1.29, 1.82) is 0 Å². The summed E-state index contributed by atoms with van der Waals surface area (Å²) in [5.41, 5.74) is 0.365. The third kappa shape index (κ3) is 6.71. The first-order valence-electron chi connectivity index (χ1n) is 14.0. The van der Waals surface area contributed by atoms with E-state index in [1.165, 1.54) is 0 Å². The predicted molar refractivity (Wildman–Crippen MR) is 153 cm³/mol. The van der Waals surface area contributed by atoms with Crippen LogP contribution < -0.4 is 15.0 Å². The number of morpholine rings is 1. The lowest BCUT2D eigenvalue weighted by molar-refractivity contribution is -0.137. The molecule has 11 nitrogen and oxygen atoms in total. The fraction of sp³-hybridized carbons (Fsp3) is 0.379. The Kier molecular flexibility index (Phi) is 8.15. The number of hydrogen-bond acceptors (Lipinski definition) is 9. The van der Waals surface area contributed by atoms with Crippen LogP contribution in [0.4, 0.5) is 29.6 Å². The van der Waals surface area contributed by atoms with E-state index in [1.54, 1.807) is 34.8 Å². The van der Waals surface area contributed by atoms with E-state index < -0.39 is 17.8 Å². The van der Waals surface area contributed by atoms with Gasteiger partial charge in [0, 0.05) is 58.2 Å². The fourth-order valence-corrected chi connectivity index (χ4v) is 5.17. The van der Waals surface area contributed by atoms with E-state index in [2.05, 4.69) is 37.2 Å². The van der Waals surface area contributed by atoms with Gasteiger partial charge in [-0.25, -0.2) is 19.3 Å². The first-order chi connectivity index (χ1) is 20.7. The topological polar surface area (TPSA) is 100 Å². The molecule has 1 aromatic carbocycles. The first kappa shape index (κ1) is 28.8. The van der Waals surface area contributed by atoms with Crippen LogP contribution >= 0.6 is 0 Å². The highest BCUT2D eigenvalue weighted by Gasteiger charge is 2.36. The second-order valence-corrected chi connectivity index (χ2v) is 10.6. The number of nitrogens with one attached hydrogen (secondary N) is 1. The van der Waals surface area contributed by atoms with Gasteiger partial charge in [0.05, 0.1) is 24.3 Å². The van der Waals surface area contributed by atoms with E-state index in [9.17, 15) is 18.0 Å². The number of halogens is 3. The molecule has 0 aliphatic carbocycles. The van der Waals surface area contributed by atoms with Crippen molar-refractivity contribution >= 4 is 23.2 Å². The number of likely N-dealkylation sites (N-methyl/N-ethyl adjacent to an activating group) is 1. The molecule has 1 N–H and O–H groups in total. The number of pyridine rings is 1. The smallest absolute Gasteiger partial charge is 0.410 e. The molecule has 0 unspecified atom stereocenters. The van der Waals surface area contributed by atoms with Gasteiger partial charge in [0.25, 0.3) is 0 Å². The molecular weight excluding hydrogens is 565 g/mol. The van der Waals surface area contributed by atoms with Crippen LogP contribution in [0.25, 0.3) is 16.9 Å². The van der Waals surface area contributed by atoms with Crippen molar-refractivity contribution in [2.24, 2.45) is 0 Å². The molecule has 0 spiro atoms. The quantitative estimate of drug-likeness (QED) is 0.354. The highest BCUT2D eigenvalue weighted by molar-refractivity contribution is 5.85. The molecule has 2 aliphatic heterocycles. The van der Waals surface area contributed by atoms with Gasteiger partial charge >= 0.3 is 12.3 Å². The molecular formula is C29H31F3N8O3. The zero-order valence-electron chi connectivity index (χ0n) is 23.5. The van der Waals surface area contributed by atoms with Gasteiger partial charge in [0.15, 0.2) is 11.6 Å². The van der Waals surface area contributed by atoms with Gasteiger partial charge in [-0.1, -0.05) is 18.2 Å². The third-order valence-electron chi connectivity index (χ3n) is 7.45. The summed E-state index contributed by atoms with van der Waals surface area (Å²) in [5.74, 6) is 0.319. The largest absolute Gasteiger partial charge is 0.418 e. The van der Waals surface area contributed by atoms with Crippen LogP contribution in [-0.4, -0.2) is 95.0 Å². The first-order valence-corrected chi connectivity index (χ1v) is 14.0. The van der Waals surface area contributed by atoms with Gasteiger partial charge in [0.1, 0.15) is 17.1 Å². The summed E-state index contributed by atoms with van der Waals surface area (Å²) in [5, 5.41) is 6.79. The number of benzene rings is 1. The van der Waals surface area contributed by atoms with E-state index in [-0.39, 0.29) is 23.0 Å². The molecule has 43 heavy (non-hydrogen) atoms. The molecule has 6 rings (SSSR count). The molecule has 0 radical (unpaired) electrons. The Hall–Kier alpha value is -4.27. The molecule has 14 heteroatoms.